The Labute approximate surface area is 521 Å². The number of aromatic nitrogens is 4. The molecule has 0 spiro atoms. The molecule has 18 aromatic rings. The molecule has 0 unspecified atom stereocenters. The molecule has 0 aliphatic heterocycles. The van der Waals surface area contributed by atoms with Gasteiger partial charge in [-0.25, -0.2) is 0 Å². The second-order valence-electron chi connectivity index (χ2n) is 26.0. The summed E-state index contributed by atoms with van der Waals surface area (Å²) in [6.07, 6.45) is 0. The van der Waals surface area contributed by atoms with E-state index >= 15 is 0 Å². The largest absolute Gasteiger partial charge is 0.309 e. The molecule has 4 heteroatoms. The van der Waals surface area contributed by atoms with E-state index in [1.54, 1.807) is 0 Å². The van der Waals surface area contributed by atoms with Crippen LogP contribution in [0.15, 0.2) is 291 Å². The van der Waals surface area contributed by atoms with Gasteiger partial charge in [-0.15, -0.1) is 0 Å². The van der Waals surface area contributed by atoms with E-state index in [0.717, 1.165) is 0 Å². The normalized spacial score (nSPS) is 13.7. The van der Waals surface area contributed by atoms with Crippen LogP contribution in [0.25, 0.3) is 154 Å². The van der Waals surface area contributed by atoms with Gasteiger partial charge in [0, 0.05) is 76.7 Å². The Morgan fingerprint density at radius 3 is 1.26 bits per heavy atom. The quantitative estimate of drug-likeness (QED) is 0.167. The average Bonchev–Trinajstić information content (AvgIpc) is 1.58. The lowest BCUT2D eigenvalue weighted by Crippen LogP contribution is -2.14. The summed E-state index contributed by atoms with van der Waals surface area (Å²) >= 11 is 0. The lowest BCUT2D eigenvalue weighted by molar-refractivity contribution is 0.660. The third-order valence-electron chi connectivity index (χ3n) is 20.6. The molecule has 0 N–H and O–H groups in total. The summed E-state index contributed by atoms with van der Waals surface area (Å²) in [7, 11) is 0. The molecule has 2 aliphatic rings. The minimum atomic E-state index is -0.0333. The van der Waals surface area contributed by atoms with Crippen LogP contribution in [0, 0.1) is 0 Å². The summed E-state index contributed by atoms with van der Waals surface area (Å²) in [4.78, 5) is 0. The molecule has 424 valence electrons. The Hall–Kier alpha value is -11.2. The number of para-hydroxylation sites is 4. The average molecular weight is 1150 g/mol. The second-order valence-corrected chi connectivity index (χ2v) is 26.0. The SMILES string of the molecule is CC1(C)c2ccccc2-c2cc(-n3c4cc5ccccc5cc4c4cc5c(cc43)c3ccccc3n5-c3ccccc3)ccc21.CC1(C)c2ccccc2-c2cc(-n3c4ccc5ccccc5c4c4ccc5c6ccccc6n(-c6ccccc6)c5c43)ccc21. The van der Waals surface area contributed by atoms with E-state index in [2.05, 4.69) is 337 Å². The summed E-state index contributed by atoms with van der Waals surface area (Å²) in [5, 5.41) is 15.3. The van der Waals surface area contributed by atoms with Crippen molar-refractivity contribution >= 4 is 109 Å². The van der Waals surface area contributed by atoms with Crippen molar-refractivity contribution in [2.24, 2.45) is 0 Å². The Bertz CT molecular complexity index is 6070. The summed E-state index contributed by atoms with van der Waals surface area (Å²) in [5.74, 6) is 0. The molecule has 90 heavy (non-hydrogen) atoms. The maximum absolute atomic E-state index is 2.53. The Morgan fingerprint density at radius 2 is 0.622 bits per heavy atom. The number of nitrogens with zero attached hydrogens (tertiary/aromatic N) is 4. The third kappa shape index (κ3) is 7.02. The van der Waals surface area contributed by atoms with Gasteiger partial charge < -0.3 is 18.3 Å². The topological polar surface area (TPSA) is 19.7 Å². The van der Waals surface area contributed by atoms with E-state index in [-0.39, 0.29) is 10.8 Å². The molecule has 14 aromatic carbocycles. The van der Waals surface area contributed by atoms with Crippen LogP contribution >= 0.6 is 0 Å². The third-order valence-corrected chi connectivity index (χ3v) is 20.6. The van der Waals surface area contributed by atoms with Gasteiger partial charge in [0.2, 0.25) is 0 Å². The number of benzene rings is 14. The summed E-state index contributed by atoms with van der Waals surface area (Å²) in [6.45, 7) is 9.41. The van der Waals surface area contributed by atoms with Gasteiger partial charge in [0.1, 0.15) is 0 Å². The fourth-order valence-corrected chi connectivity index (χ4v) is 16.4. The van der Waals surface area contributed by atoms with E-state index in [1.807, 2.05) is 0 Å². The highest BCUT2D eigenvalue weighted by atomic mass is 15.0. The van der Waals surface area contributed by atoms with Gasteiger partial charge in [-0.3, -0.25) is 0 Å². The molecule has 0 saturated carbocycles. The van der Waals surface area contributed by atoms with Crippen LogP contribution in [-0.4, -0.2) is 18.3 Å². The minimum absolute atomic E-state index is 0.0209. The lowest BCUT2D eigenvalue weighted by atomic mass is 9.82. The van der Waals surface area contributed by atoms with Crippen molar-refractivity contribution in [2.45, 2.75) is 38.5 Å². The Morgan fingerprint density at radius 1 is 0.211 bits per heavy atom. The zero-order chi connectivity index (χ0) is 59.7. The predicted octanol–water partition coefficient (Wildman–Crippen LogP) is 22.7. The molecular weight excluding hydrogens is 1090 g/mol. The highest BCUT2D eigenvalue weighted by molar-refractivity contribution is 6.29. The van der Waals surface area contributed by atoms with Crippen molar-refractivity contribution in [1.29, 1.82) is 0 Å². The van der Waals surface area contributed by atoms with E-state index in [9.17, 15) is 0 Å². The molecule has 2 aliphatic carbocycles. The first-order valence-electron chi connectivity index (χ1n) is 31.6. The van der Waals surface area contributed by atoms with Crippen LogP contribution in [0.3, 0.4) is 0 Å². The van der Waals surface area contributed by atoms with Crippen molar-refractivity contribution in [3.63, 3.8) is 0 Å². The molecule has 0 amide bonds. The number of fused-ring (bicyclic) bond motifs is 22. The van der Waals surface area contributed by atoms with E-state index in [1.165, 1.54) is 176 Å². The molecular formula is C86H60N4. The highest BCUT2D eigenvalue weighted by Crippen LogP contribution is 2.53. The molecule has 4 aromatic heterocycles. The first kappa shape index (κ1) is 50.9. The smallest absolute Gasteiger partial charge is 0.0789 e. The van der Waals surface area contributed by atoms with Crippen LogP contribution in [-0.2, 0) is 10.8 Å². The maximum atomic E-state index is 2.53. The first-order chi connectivity index (χ1) is 44.2. The fourth-order valence-electron chi connectivity index (χ4n) is 16.4. The van der Waals surface area contributed by atoms with E-state index in [0.29, 0.717) is 0 Å². The molecule has 4 heterocycles. The molecule has 20 rings (SSSR count). The van der Waals surface area contributed by atoms with Gasteiger partial charge in [0.25, 0.3) is 0 Å². The predicted molar refractivity (Wildman–Crippen MR) is 380 cm³/mol. The highest BCUT2D eigenvalue weighted by Gasteiger charge is 2.37. The summed E-state index contributed by atoms with van der Waals surface area (Å²) in [5.41, 5.74) is 25.5. The van der Waals surface area contributed by atoms with E-state index < -0.39 is 0 Å². The van der Waals surface area contributed by atoms with Gasteiger partial charge in [0.05, 0.1) is 44.1 Å². The van der Waals surface area contributed by atoms with Gasteiger partial charge in [-0.05, 0) is 157 Å². The molecule has 0 radical (unpaired) electrons. The van der Waals surface area contributed by atoms with E-state index in [4.69, 9.17) is 0 Å². The van der Waals surface area contributed by atoms with Crippen molar-refractivity contribution in [3.8, 4) is 45.0 Å². The molecule has 4 nitrogen and oxygen atoms in total. The van der Waals surface area contributed by atoms with Crippen LogP contribution < -0.4 is 0 Å². The monoisotopic (exact) mass is 1150 g/mol. The van der Waals surface area contributed by atoms with Crippen molar-refractivity contribution in [1.82, 2.24) is 18.3 Å². The second kappa shape index (κ2) is 18.7. The van der Waals surface area contributed by atoms with Crippen molar-refractivity contribution < 1.29 is 0 Å². The first-order valence-corrected chi connectivity index (χ1v) is 31.6. The van der Waals surface area contributed by atoms with Crippen LogP contribution in [0.1, 0.15) is 49.9 Å². The molecule has 0 atom stereocenters. The standard InChI is InChI=1S/2C43H30N2/c1-43(2)37-18-10-8-16-31(37)33-24-30(20-21-38(33)43)45-40-23-28-13-7-6-12-27(28)22-34(40)36-26-41-35(25-42(36)45)32-17-9-11-19-39(32)44(41)29-14-4-3-5-15-29;1-43(2)36-18-10-8-16-31(36)35-26-29(21-24-37(35)43)45-39-25-20-27-12-6-7-15-30(27)40(39)34-23-22-33-32-17-9-11-19-38(32)44(41(33)42(34)45)28-13-4-3-5-14-28/h2*3-26H,1-2H3. The van der Waals surface area contributed by atoms with Crippen LogP contribution in [0.2, 0.25) is 0 Å². The van der Waals surface area contributed by atoms with Gasteiger partial charge in [-0.1, -0.05) is 228 Å². The maximum Gasteiger partial charge on any atom is 0.0789 e. The molecule has 0 bridgehead atoms. The Balaban J connectivity index is 0.000000130. The van der Waals surface area contributed by atoms with Gasteiger partial charge >= 0.3 is 0 Å². The number of hydrogen-bond donors (Lipinski definition) is 0. The lowest BCUT2D eigenvalue weighted by Gasteiger charge is -2.21. The van der Waals surface area contributed by atoms with Gasteiger partial charge in [-0.2, -0.15) is 0 Å². The number of hydrogen-bond acceptors (Lipinski definition) is 0. The molecule has 0 fully saturated rings. The van der Waals surface area contributed by atoms with Crippen molar-refractivity contribution in [2.75, 3.05) is 0 Å². The zero-order valence-corrected chi connectivity index (χ0v) is 50.5. The van der Waals surface area contributed by atoms with Crippen molar-refractivity contribution in [3.05, 3.63) is 313 Å². The zero-order valence-electron chi connectivity index (χ0n) is 50.5. The molecule has 0 saturated heterocycles. The van der Waals surface area contributed by atoms with Crippen LogP contribution in [0.4, 0.5) is 0 Å². The van der Waals surface area contributed by atoms with Gasteiger partial charge in [0.15, 0.2) is 0 Å². The minimum Gasteiger partial charge on any atom is -0.309 e. The summed E-state index contributed by atoms with van der Waals surface area (Å²) < 4.78 is 9.92. The Kier molecular flexibility index (Phi) is 10.6. The fraction of sp³-hybridized carbons (Fsp3) is 0.0698. The number of rotatable bonds is 4. The van der Waals surface area contributed by atoms with Crippen LogP contribution in [0.5, 0.6) is 0 Å². The summed E-state index contributed by atoms with van der Waals surface area (Å²) in [6, 6.07) is 108.